The van der Waals surface area contributed by atoms with Crippen LogP contribution in [0, 0.1) is 6.92 Å². The van der Waals surface area contributed by atoms with Crippen molar-refractivity contribution in [3.8, 4) is 0 Å². The topological polar surface area (TPSA) is 46.3 Å². The van der Waals surface area contributed by atoms with Gasteiger partial charge in [0.2, 0.25) is 0 Å². The fourth-order valence-electron chi connectivity index (χ4n) is 2.47. The van der Waals surface area contributed by atoms with Gasteiger partial charge in [0.25, 0.3) is 5.91 Å². The van der Waals surface area contributed by atoms with Gasteiger partial charge in [0, 0.05) is 18.0 Å². The van der Waals surface area contributed by atoms with E-state index in [1.165, 1.54) is 30.6 Å². The van der Waals surface area contributed by atoms with Crippen molar-refractivity contribution >= 4 is 22.2 Å². The highest BCUT2D eigenvalue weighted by Gasteiger charge is 2.22. The Morgan fingerprint density at radius 2 is 1.80 bits per heavy atom. The molecule has 1 aromatic heterocycles. The monoisotopic (exact) mass is 296 g/mol. The molecule has 0 aliphatic carbocycles. The third-order valence-electron chi connectivity index (χ3n) is 3.79. The van der Waals surface area contributed by atoms with Gasteiger partial charge < -0.3 is 10.6 Å². The molecule has 114 valence electrons. The van der Waals surface area contributed by atoms with E-state index in [0.717, 1.165) is 30.6 Å². The maximum Gasteiger partial charge on any atom is 0.257 e. The first-order valence-corrected chi connectivity index (χ1v) is 8.55. The predicted octanol–water partition coefficient (Wildman–Crippen LogP) is 4.24. The average Bonchev–Trinajstić information content (AvgIpc) is 2.71. The fraction of sp³-hybridized carbons (Fsp3) is 0.688. The zero-order valence-electron chi connectivity index (χ0n) is 13.3. The van der Waals surface area contributed by atoms with E-state index in [9.17, 15) is 4.79 Å². The summed E-state index contributed by atoms with van der Waals surface area (Å²) >= 11 is 1.60. The Balaban J connectivity index is 2.83. The van der Waals surface area contributed by atoms with Crippen LogP contribution in [0.15, 0.2) is 0 Å². The van der Waals surface area contributed by atoms with Crippen molar-refractivity contribution in [1.82, 2.24) is 4.90 Å². The van der Waals surface area contributed by atoms with Gasteiger partial charge in [0.1, 0.15) is 0 Å². The number of nitrogens with two attached hydrogens (primary N) is 1. The molecule has 0 atom stereocenters. The Morgan fingerprint density at radius 3 is 2.35 bits per heavy atom. The number of unbranched alkanes of at least 4 members (excludes halogenated alkanes) is 3. The Morgan fingerprint density at radius 1 is 1.15 bits per heavy atom. The summed E-state index contributed by atoms with van der Waals surface area (Å²) < 4.78 is 0. The molecule has 0 saturated heterocycles. The van der Waals surface area contributed by atoms with E-state index >= 15 is 0 Å². The van der Waals surface area contributed by atoms with E-state index in [0.29, 0.717) is 5.00 Å². The number of anilines is 1. The molecule has 1 amide bonds. The number of thiophene rings is 1. The number of aryl methyl sites for hydroxylation is 1. The van der Waals surface area contributed by atoms with Gasteiger partial charge in [0.05, 0.1) is 10.6 Å². The van der Waals surface area contributed by atoms with E-state index < -0.39 is 0 Å². The van der Waals surface area contributed by atoms with Gasteiger partial charge in [-0.1, -0.05) is 26.2 Å². The molecule has 0 saturated carbocycles. The summed E-state index contributed by atoms with van der Waals surface area (Å²) in [4.78, 5) is 15.6. The number of nitrogen functional groups attached to an aromatic ring is 1. The lowest BCUT2D eigenvalue weighted by Gasteiger charge is -2.19. The van der Waals surface area contributed by atoms with Gasteiger partial charge in [-0.25, -0.2) is 0 Å². The summed E-state index contributed by atoms with van der Waals surface area (Å²) in [7, 11) is 0. The smallest absolute Gasteiger partial charge is 0.257 e. The van der Waals surface area contributed by atoms with Gasteiger partial charge in [-0.3, -0.25) is 4.79 Å². The highest BCUT2D eigenvalue weighted by molar-refractivity contribution is 7.16. The lowest BCUT2D eigenvalue weighted by molar-refractivity contribution is 0.0773. The Hall–Kier alpha value is -1.03. The van der Waals surface area contributed by atoms with E-state index in [1.807, 2.05) is 25.7 Å². The molecule has 1 aromatic rings. The van der Waals surface area contributed by atoms with Crippen LogP contribution >= 0.6 is 11.3 Å². The van der Waals surface area contributed by atoms with E-state index in [4.69, 9.17) is 5.73 Å². The first-order valence-electron chi connectivity index (χ1n) is 7.73. The lowest BCUT2D eigenvalue weighted by Crippen LogP contribution is -2.31. The molecule has 20 heavy (non-hydrogen) atoms. The molecular weight excluding hydrogens is 268 g/mol. The van der Waals surface area contributed by atoms with Crippen molar-refractivity contribution in [3.05, 3.63) is 16.0 Å². The average molecular weight is 296 g/mol. The van der Waals surface area contributed by atoms with Gasteiger partial charge >= 0.3 is 0 Å². The van der Waals surface area contributed by atoms with Crippen LogP contribution < -0.4 is 5.73 Å². The normalized spacial score (nSPS) is 10.8. The molecule has 0 unspecified atom stereocenters. The maximum atomic E-state index is 12.5. The number of carbonyl (C=O) groups excluding carboxylic acids is 1. The Kier molecular flexibility index (Phi) is 7.06. The van der Waals surface area contributed by atoms with E-state index in [2.05, 4.69) is 6.92 Å². The quantitative estimate of drug-likeness (QED) is 0.729. The van der Waals surface area contributed by atoms with Crippen molar-refractivity contribution in [3.63, 3.8) is 0 Å². The van der Waals surface area contributed by atoms with Crippen LogP contribution in [0.2, 0.25) is 0 Å². The molecule has 0 radical (unpaired) electrons. The van der Waals surface area contributed by atoms with Gasteiger partial charge in [-0.05, 0) is 39.2 Å². The summed E-state index contributed by atoms with van der Waals surface area (Å²) in [6.45, 7) is 9.73. The molecule has 1 heterocycles. The first kappa shape index (κ1) is 17.0. The van der Waals surface area contributed by atoms with Crippen molar-refractivity contribution < 1.29 is 4.79 Å². The summed E-state index contributed by atoms with van der Waals surface area (Å²) in [6.07, 6.45) is 6.02. The molecule has 0 spiro atoms. The zero-order chi connectivity index (χ0) is 15.1. The van der Waals surface area contributed by atoms with Crippen molar-refractivity contribution in [1.29, 1.82) is 0 Å². The van der Waals surface area contributed by atoms with Crippen LogP contribution in [0.5, 0.6) is 0 Å². The number of hydrogen-bond donors (Lipinski definition) is 1. The van der Waals surface area contributed by atoms with Crippen molar-refractivity contribution in [2.45, 2.75) is 59.8 Å². The standard InChI is InChI=1S/C16H28N2OS/c1-5-8-9-10-11-13-12(4)14(15(17)20-13)16(19)18(6-2)7-3/h5-11,17H2,1-4H3. The SMILES string of the molecule is CCCCCCc1sc(N)c(C(=O)N(CC)CC)c1C. The molecule has 0 fully saturated rings. The largest absolute Gasteiger partial charge is 0.390 e. The lowest BCUT2D eigenvalue weighted by atomic mass is 10.1. The Labute approximate surface area is 127 Å². The molecule has 0 aliphatic rings. The van der Waals surface area contributed by atoms with Gasteiger partial charge in [-0.15, -0.1) is 11.3 Å². The third kappa shape index (κ3) is 3.98. The highest BCUT2D eigenvalue weighted by Crippen LogP contribution is 2.32. The van der Waals surface area contributed by atoms with Crippen molar-refractivity contribution in [2.24, 2.45) is 0 Å². The molecule has 4 heteroatoms. The van der Waals surface area contributed by atoms with Crippen LogP contribution in [0.25, 0.3) is 0 Å². The number of hydrogen-bond acceptors (Lipinski definition) is 3. The molecule has 0 aromatic carbocycles. The second kappa shape index (κ2) is 8.30. The van der Waals surface area contributed by atoms with E-state index in [-0.39, 0.29) is 5.91 Å². The van der Waals surface area contributed by atoms with Crippen LogP contribution in [0.3, 0.4) is 0 Å². The van der Waals surface area contributed by atoms with Gasteiger partial charge in [0.15, 0.2) is 0 Å². The maximum absolute atomic E-state index is 12.5. The minimum absolute atomic E-state index is 0.0843. The predicted molar refractivity (Wildman–Crippen MR) is 88.6 cm³/mol. The number of amides is 1. The fourth-order valence-corrected chi connectivity index (χ4v) is 3.58. The van der Waals surface area contributed by atoms with Crippen LogP contribution in [0.1, 0.15) is 67.3 Å². The van der Waals surface area contributed by atoms with Crippen LogP contribution in [-0.4, -0.2) is 23.9 Å². The minimum Gasteiger partial charge on any atom is -0.390 e. The second-order valence-corrected chi connectivity index (χ2v) is 6.31. The molecule has 1 rings (SSSR count). The molecule has 0 aliphatic heterocycles. The summed E-state index contributed by atoms with van der Waals surface area (Å²) in [6, 6.07) is 0. The van der Waals surface area contributed by atoms with Gasteiger partial charge in [-0.2, -0.15) is 0 Å². The number of carbonyl (C=O) groups is 1. The first-order chi connectivity index (χ1) is 9.56. The highest BCUT2D eigenvalue weighted by atomic mass is 32.1. The Bertz CT molecular complexity index is 436. The third-order valence-corrected chi connectivity index (χ3v) is 4.98. The zero-order valence-corrected chi connectivity index (χ0v) is 14.1. The number of nitrogens with zero attached hydrogens (tertiary/aromatic N) is 1. The minimum atomic E-state index is 0.0843. The summed E-state index contributed by atoms with van der Waals surface area (Å²) in [5.74, 6) is 0.0843. The van der Waals surface area contributed by atoms with E-state index in [1.54, 1.807) is 11.3 Å². The number of rotatable bonds is 8. The molecule has 3 nitrogen and oxygen atoms in total. The molecular formula is C16H28N2OS. The van der Waals surface area contributed by atoms with Crippen LogP contribution in [0.4, 0.5) is 5.00 Å². The van der Waals surface area contributed by atoms with Crippen LogP contribution in [-0.2, 0) is 6.42 Å². The summed E-state index contributed by atoms with van der Waals surface area (Å²) in [5, 5.41) is 0.685. The molecule has 2 N–H and O–H groups in total. The second-order valence-electron chi connectivity index (χ2n) is 5.18. The van der Waals surface area contributed by atoms with Crippen molar-refractivity contribution in [2.75, 3.05) is 18.8 Å². The summed E-state index contributed by atoms with van der Waals surface area (Å²) in [5.41, 5.74) is 7.93. The molecule has 0 bridgehead atoms.